The Balaban J connectivity index is 1.11. The van der Waals surface area contributed by atoms with E-state index in [0.29, 0.717) is 42.3 Å². The van der Waals surface area contributed by atoms with Gasteiger partial charge in [-0.25, -0.2) is 4.52 Å². The van der Waals surface area contributed by atoms with Gasteiger partial charge in [-0.15, -0.1) is 11.3 Å². The average Bonchev–Trinajstić information content (AvgIpc) is 3.26. The number of fused-ring (bicyclic) bond motifs is 1. The van der Waals surface area contributed by atoms with Crippen molar-refractivity contribution in [3.63, 3.8) is 0 Å². The molecule has 2 N–H and O–H groups in total. The number of aryl methyl sites for hydroxylation is 1. The third-order valence-electron chi connectivity index (χ3n) is 7.47. The maximum absolute atomic E-state index is 13.3. The van der Waals surface area contributed by atoms with Crippen LogP contribution in [0, 0.1) is 18.8 Å². The molecule has 1 unspecified atom stereocenters. The lowest BCUT2D eigenvalue weighted by Crippen LogP contribution is -2.31. The highest BCUT2D eigenvalue weighted by Crippen LogP contribution is 2.41. The lowest BCUT2D eigenvalue weighted by atomic mass is 10.0. The third kappa shape index (κ3) is 5.72. The smallest absolute Gasteiger partial charge is 0.260 e. The van der Waals surface area contributed by atoms with Crippen molar-refractivity contribution in [2.24, 2.45) is 11.8 Å². The summed E-state index contributed by atoms with van der Waals surface area (Å²) < 4.78 is 8.65. The van der Waals surface area contributed by atoms with Crippen LogP contribution in [0.1, 0.15) is 35.3 Å². The van der Waals surface area contributed by atoms with Crippen molar-refractivity contribution in [2.75, 3.05) is 44.0 Å². The molecule has 11 nitrogen and oxygen atoms in total. The van der Waals surface area contributed by atoms with Crippen molar-refractivity contribution in [1.82, 2.24) is 29.3 Å². The molecule has 5 heterocycles. The maximum Gasteiger partial charge on any atom is 0.260 e. The van der Waals surface area contributed by atoms with Gasteiger partial charge >= 0.3 is 0 Å². The molecular weight excluding hydrogens is 516 g/mol. The second kappa shape index (κ2) is 10.9. The van der Waals surface area contributed by atoms with Crippen LogP contribution >= 0.6 is 11.3 Å². The third-order valence-corrected chi connectivity index (χ3v) is 8.63. The zero-order chi connectivity index (χ0) is 26.9. The number of hydrogen-bond acceptors (Lipinski definition) is 8. The van der Waals surface area contributed by atoms with Gasteiger partial charge in [0, 0.05) is 31.6 Å². The normalized spacial score (nSPS) is 17.6. The van der Waals surface area contributed by atoms with Crippen LogP contribution in [0.4, 0.5) is 11.4 Å². The number of nitrogens with one attached hydrogen (secondary N) is 2. The largest absolute Gasteiger partial charge is 0.383 e. The summed E-state index contributed by atoms with van der Waals surface area (Å²) in [5.41, 5.74) is 3.18. The first-order valence-electron chi connectivity index (χ1n) is 13.3. The number of methoxy groups -OCH3 is 1. The minimum Gasteiger partial charge on any atom is -0.383 e. The predicted octanol–water partition coefficient (Wildman–Crippen LogP) is 3.53. The van der Waals surface area contributed by atoms with Crippen LogP contribution in [-0.2, 0) is 16.1 Å². The number of likely N-dealkylation sites (tertiary alicyclic amines) is 1. The summed E-state index contributed by atoms with van der Waals surface area (Å²) in [6, 6.07) is 1.75. The van der Waals surface area contributed by atoms with E-state index in [2.05, 4.69) is 30.7 Å². The Hall–Kier alpha value is -3.61. The first-order valence-corrected chi connectivity index (χ1v) is 14.1. The second-order valence-corrected chi connectivity index (χ2v) is 11.4. The summed E-state index contributed by atoms with van der Waals surface area (Å²) in [6.45, 7) is 5.42. The molecule has 39 heavy (non-hydrogen) atoms. The van der Waals surface area contributed by atoms with Gasteiger partial charge in [0.05, 0.1) is 65.8 Å². The van der Waals surface area contributed by atoms with Crippen LogP contribution in [-0.4, -0.2) is 74.4 Å². The first kappa shape index (κ1) is 25.7. The number of carbonyl (C=O) groups excluding carboxylic acids is 2. The zero-order valence-electron chi connectivity index (χ0n) is 22.1. The highest BCUT2D eigenvalue weighted by molar-refractivity contribution is 7.21. The van der Waals surface area contributed by atoms with E-state index in [4.69, 9.17) is 4.74 Å². The molecule has 0 spiro atoms. The number of aromatic nitrogens is 5. The van der Waals surface area contributed by atoms with Crippen LogP contribution < -0.4 is 10.6 Å². The molecule has 1 saturated heterocycles. The Morgan fingerprint density at radius 2 is 1.97 bits per heavy atom. The van der Waals surface area contributed by atoms with Crippen molar-refractivity contribution < 1.29 is 14.3 Å². The van der Waals surface area contributed by atoms with Gasteiger partial charge in [0.25, 0.3) is 5.91 Å². The van der Waals surface area contributed by atoms with Gasteiger partial charge in [-0.05, 0) is 50.6 Å². The fourth-order valence-corrected chi connectivity index (χ4v) is 6.19. The summed E-state index contributed by atoms with van der Waals surface area (Å²) in [7, 11) is 1.66. The van der Waals surface area contributed by atoms with E-state index in [1.807, 2.05) is 24.0 Å². The summed E-state index contributed by atoms with van der Waals surface area (Å²) in [6.07, 6.45) is 12.7. The Kier molecular flexibility index (Phi) is 7.15. The standard InChI is InChI=1S/C27H32N8O3S/c1-17-23(9-21(11-28-17)31-25(36)16-33-6-5-19(13-33)18-3-4-18)32-26(37)22-12-30-35-15-24(39-27(22)35)20-10-29-34(14-20)7-8-38-2/h9-12,14-15,18-19H,3-8,13,16H2,1-2H3,(H,31,36)(H,32,37). The molecule has 6 rings (SSSR count). The molecule has 12 heteroatoms. The Labute approximate surface area is 230 Å². The number of ether oxygens (including phenoxy) is 1. The molecule has 2 fully saturated rings. The van der Waals surface area contributed by atoms with Crippen molar-refractivity contribution in [1.29, 1.82) is 0 Å². The van der Waals surface area contributed by atoms with Gasteiger partial charge in [0.15, 0.2) is 0 Å². The van der Waals surface area contributed by atoms with E-state index < -0.39 is 0 Å². The van der Waals surface area contributed by atoms with Crippen molar-refractivity contribution in [2.45, 2.75) is 32.7 Å². The average molecular weight is 549 g/mol. The van der Waals surface area contributed by atoms with Crippen molar-refractivity contribution >= 4 is 39.4 Å². The van der Waals surface area contributed by atoms with Gasteiger partial charge in [-0.2, -0.15) is 10.2 Å². The Morgan fingerprint density at radius 1 is 1.10 bits per heavy atom. The minimum atomic E-state index is -0.286. The van der Waals surface area contributed by atoms with E-state index in [9.17, 15) is 9.59 Å². The Bertz CT molecular complexity index is 1500. The summed E-state index contributed by atoms with van der Waals surface area (Å²) in [4.78, 5) is 34.3. The molecule has 1 aliphatic heterocycles. The molecule has 4 aromatic rings. The zero-order valence-corrected chi connectivity index (χ0v) is 22.9. The molecule has 4 aromatic heterocycles. The summed E-state index contributed by atoms with van der Waals surface area (Å²) >= 11 is 1.47. The molecule has 0 radical (unpaired) electrons. The molecular formula is C27H32N8O3S. The van der Waals surface area contributed by atoms with Crippen molar-refractivity contribution in [3.8, 4) is 10.4 Å². The number of carbonyl (C=O) groups is 2. The minimum absolute atomic E-state index is 0.0654. The first-order chi connectivity index (χ1) is 19.0. The van der Waals surface area contributed by atoms with Crippen molar-refractivity contribution in [3.05, 3.63) is 48.3 Å². The summed E-state index contributed by atoms with van der Waals surface area (Å²) in [5.74, 6) is 1.26. The van der Waals surface area contributed by atoms with Gasteiger partial charge in [-0.3, -0.25) is 24.2 Å². The SMILES string of the molecule is COCCn1cc(-c2cn3ncc(C(=O)Nc4cc(NC(=O)CN5CCC(C6CC6)C5)cnc4C)c3s2)cn1. The lowest BCUT2D eigenvalue weighted by molar-refractivity contribution is -0.117. The molecule has 204 valence electrons. The number of rotatable bonds is 10. The molecule has 0 bridgehead atoms. The number of anilines is 2. The number of amides is 2. The van der Waals surface area contributed by atoms with Gasteiger partial charge < -0.3 is 15.4 Å². The van der Waals surface area contributed by atoms with E-state index in [1.54, 1.807) is 36.3 Å². The molecule has 0 aromatic carbocycles. The number of thiazole rings is 1. The topological polar surface area (TPSA) is 119 Å². The van der Waals surface area contributed by atoms with Gasteiger partial charge in [0.2, 0.25) is 5.91 Å². The fraction of sp³-hybridized carbons (Fsp3) is 0.444. The van der Waals surface area contributed by atoms with Crippen LogP contribution in [0.2, 0.25) is 0 Å². The molecule has 1 atom stereocenters. The summed E-state index contributed by atoms with van der Waals surface area (Å²) in [5, 5.41) is 14.6. The molecule has 2 aliphatic rings. The number of hydrogen-bond donors (Lipinski definition) is 2. The van der Waals surface area contributed by atoms with E-state index in [-0.39, 0.29) is 11.8 Å². The highest BCUT2D eigenvalue weighted by atomic mass is 32.1. The van der Waals surface area contributed by atoms with E-state index in [0.717, 1.165) is 40.2 Å². The number of nitrogens with zero attached hydrogens (tertiary/aromatic N) is 6. The van der Waals surface area contributed by atoms with Crippen LogP contribution in [0.5, 0.6) is 0 Å². The van der Waals surface area contributed by atoms with Gasteiger partial charge in [-0.1, -0.05) is 0 Å². The quantitative estimate of drug-likeness (QED) is 0.311. The molecule has 1 saturated carbocycles. The highest BCUT2D eigenvalue weighted by Gasteiger charge is 2.36. The Morgan fingerprint density at radius 3 is 2.79 bits per heavy atom. The molecule has 2 amide bonds. The van der Waals surface area contributed by atoms with Crippen LogP contribution in [0.3, 0.4) is 0 Å². The van der Waals surface area contributed by atoms with E-state index in [1.165, 1.54) is 30.6 Å². The predicted molar refractivity (Wildman–Crippen MR) is 149 cm³/mol. The van der Waals surface area contributed by atoms with Gasteiger partial charge in [0.1, 0.15) is 4.83 Å². The monoisotopic (exact) mass is 548 g/mol. The lowest BCUT2D eigenvalue weighted by Gasteiger charge is -2.16. The number of pyridine rings is 1. The van der Waals surface area contributed by atoms with Crippen LogP contribution in [0.15, 0.2) is 37.1 Å². The molecule has 1 aliphatic carbocycles. The maximum atomic E-state index is 13.3. The second-order valence-electron chi connectivity index (χ2n) is 10.4. The van der Waals surface area contributed by atoms with E-state index >= 15 is 0 Å². The van der Waals surface area contributed by atoms with Crippen LogP contribution in [0.25, 0.3) is 15.3 Å². The fourth-order valence-electron chi connectivity index (χ4n) is 5.15.